The summed E-state index contributed by atoms with van der Waals surface area (Å²) in [7, 11) is 2.09. The van der Waals surface area contributed by atoms with E-state index in [1.807, 2.05) is 0 Å². The maximum Gasteiger partial charge on any atom is 0.0625 e. The van der Waals surface area contributed by atoms with Crippen molar-refractivity contribution in [1.29, 1.82) is 0 Å². The number of hydrogen-bond donors (Lipinski definition) is 1. The molecule has 0 radical (unpaired) electrons. The van der Waals surface area contributed by atoms with Crippen molar-refractivity contribution in [2.45, 2.75) is 64.6 Å². The van der Waals surface area contributed by atoms with Gasteiger partial charge in [-0.3, -0.25) is 9.58 Å². The van der Waals surface area contributed by atoms with Crippen molar-refractivity contribution < 1.29 is 0 Å². The number of rotatable bonds is 5. The molecule has 1 aliphatic carbocycles. The minimum absolute atomic E-state index is 0.261. The van der Waals surface area contributed by atoms with Gasteiger partial charge in [-0.05, 0) is 44.6 Å². The van der Waals surface area contributed by atoms with Crippen LogP contribution in [0.25, 0.3) is 0 Å². The molecule has 2 aliphatic rings. The lowest BCUT2D eigenvalue weighted by molar-refractivity contribution is 0.0642. The number of piperazine rings is 1. The van der Waals surface area contributed by atoms with Crippen LogP contribution in [0.2, 0.25) is 0 Å². The Morgan fingerprint density at radius 1 is 1.38 bits per heavy atom. The molecular formula is C17H30N4. The third-order valence-electron chi connectivity index (χ3n) is 5.46. The molecule has 2 fully saturated rings. The summed E-state index contributed by atoms with van der Waals surface area (Å²) < 4.78 is 2.08. The van der Waals surface area contributed by atoms with Gasteiger partial charge in [-0.2, -0.15) is 5.10 Å². The quantitative estimate of drug-likeness (QED) is 0.903. The van der Waals surface area contributed by atoms with Gasteiger partial charge in [0.1, 0.15) is 0 Å². The normalized spacial score (nSPS) is 30.8. The molecule has 0 amide bonds. The lowest BCUT2D eigenvalue weighted by atomic mass is 9.92. The molecule has 2 unspecified atom stereocenters. The monoisotopic (exact) mass is 290 g/mol. The first-order valence-electron chi connectivity index (χ1n) is 8.55. The number of nitrogens with one attached hydrogen (secondary N) is 1. The van der Waals surface area contributed by atoms with Gasteiger partial charge in [0, 0.05) is 38.3 Å². The Labute approximate surface area is 128 Å². The molecule has 0 aromatic carbocycles. The Hall–Kier alpha value is -0.870. The van der Waals surface area contributed by atoms with Crippen LogP contribution >= 0.6 is 0 Å². The van der Waals surface area contributed by atoms with Gasteiger partial charge in [0.15, 0.2) is 0 Å². The Kier molecular flexibility index (Phi) is 4.10. The maximum atomic E-state index is 4.61. The highest BCUT2D eigenvalue weighted by Gasteiger charge is 2.42. The Balaban J connectivity index is 1.76. The van der Waals surface area contributed by atoms with E-state index in [0.717, 1.165) is 32.0 Å². The molecule has 21 heavy (non-hydrogen) atoms. The molecule has 4 nitrogen and oxygen atoms in total. The SMILES string of the molecule is CCc1cc(CN2CC(C)(CC)NCC2C2CC2)n(C)n1. The van der Waals surface area contributed by atoms with Gasteiger partial charge in [-0.15, -0.1) is 0 Å². The standard InChI is InChI=1S/C17H30N4/c1-5-14-9-15(20(4)19-14)11-21-12-17(3,6-2)18-10-16(21)13-7-8-13/h9,13,16,18H,5-8,10-12H2,1-4H3. The summed E-state index contributed by atoms with van der Waals surface area (Å²) in [6.07, 6.45) is 5.04. The highest BCUT2D eigenvalue weighted by molar-refractivity contribution is 5.11. The molecule has 4 heteroatoms. The van der Waals surface area contributed by atoms with Gasteiger partial charge in [-0.1, -0.05) is 13.8 Å². The predicted octanol–water partition coefficient (Wildman–Crippen LogP) is 2.33. The third kappa shape index (κ3) is 3.16. The van der Waals surface area contributed by atoms with E-state index >= 15 is 0 Å². The smallest absolute Gasteiger partial charge is 0.0625 e. The molecule has 3 rings (SSSR count). The Morgan fingerprint density at radius 3 is 2.71 bits per heavy atom. The van der Waals surface area contributed by atoms with Crippen LogP contribution in [0.5, 0.6) is 0 Å². The average molecular weight is 290 g/mol. The molecule has 2 heterocycles. The van der Waals surface area contributed by atoms with E-state index in [9.17, 15) is 0 Å². The zero-order valence-corrected chi connectivity index (χ0v) is 14.0. The fourth-order valence-electron chi connectivity index (χ4n) is 3.56. The second kappa shape index (κ2) is 5.73. The summed E-state index contributed by atoms with van der Waals surface area (Å²) in [5.41, 5.74) is 2.83. The number of aromatic nitrogens is 2. The van der Waals surface area contributed by atoms with E-state index in [0.29, 0.717) is 6.04 Å². The fourth-order valence-corrected chi connectivity index (χ4v) is 3.56. The van der Waals surface area contributed by atoms with Crippen molar-refractivity contribution in [1.82, 2.24) is 20.0 Å². The Bertz CT molecular complexity index is 491. The van der Waals surface area contributed by atoms with Gasteiger partial charge in [-0.25, -0.2) is 0 Å². The number of nitrogens with zero attached hydrogens (tertiary/aromatic N) is 3. The topological polar surface area (TPSA) is 33.1 Å². The Morgan fingerprint density at radius 2 is 2.14 bits per heavy atom. The van der Waals surface area contributed by atoms with Crippen molar-refractivity contribution in [3.05, 3.63) is 17.5 Å². The first-order valence-corrected chi connectivity index (χ1v) is 8.55. The molecule has 1 saturated carbocycles. The van der Waals surface area contributed by atoms with E-state index < -0.39 is 0 Å². The third-order valence-corrected chi connectivity index (χ3v) is 5.46. The summed E-state index contributed by atoms with van der Waals surface area (Å²) in [4.78, 5) is 2.72. The molecule has 1 aromatic heterocycles. The fraction of sp³-hybridized carbons (Fsp3) is 0.824. The van der Waals surface area contributed by atoms with E-state index in [2.05, 4.69) is 53.9 Å². The molecule has 0 spiro atoms. The molecule has 1 saturated heterocycles. The average Bonchev–Trinajstić information content (AvgIpc) is 3.24. The first-order chi connectivity index (χ1) is 10.0. The highest BCUT2D eigenvalue weighted by atomic mass is 15.3. The van der Waals surface area contributed by atoms with Crippen LogP contribution in [0.4, 0.5) is 0 Å². The van der Waals surface area contributed by atoms with Gasteiger partial charge in [0.2, 0.25) is 0 Å². The predicted molar refractivity (Wildman–Crippen MR) is 86.2 cm³/mol. The van der Waals surface area contributed by atoms with Gasteiger partial charge in [0.05, 0.1) is 11.4 Å². The lowest BCUT2D eigenvalue weighted by Crippen LogP contribution is -2.63. The van der Waals surface area contributed by atoms with Crippen molar-refractivity contribution in [3.8, 4) is 0 Å². The molecule has 118 valence electrons. The van der Waals surface area contributed by atoms with Crippen molar-refractivity contribution in [2.24, 2.45) is 13.0 Å². The van der Waals surface area contributed by atoms with Crippen LogP contribution < -0.4 is 5.32 Å². The van der Waals surface area contributed by atoms with E-state index in [1.54, 1.807) is 0 Å². The summed E-state index contributed by atoms with van der Waals surface area (Å²) >= 11 is 0. The van der Waals surface area contributed by atoms with Crippen LogP contribution in [0, 0.1) is 5.92 Å². The largest absolute Gasteiger partial charge is 0.309 e. The highest BCUT2D eigenvalue weighted by Crippen LogP contribution is 2.38. The van der Waals surface area contributed by atoms with Gasteiger partial charge >= 0.3 is 0 Å². The van der Waals surface area contributed by atoms with Gasteiger partial charge < -0.3 is 5.32 Å². The summed E-state index contributed by atoms with van der Waals surface area (Å²) in [6, 6.07) is 3.00. The van der Waals surface area contributed by atoms with Crippen molar-refractivity contribution in [2.75, 3.05) is 13.1 Å². The lowest BCUT2D eigenvalue weighted by Gasteiger charge is -2.46. The van der Waals surface area contributed by atoms with Crippen LogP contribution in [0.1, 0.15) is 51.4 Å². The minimum Gasteiger partial charge on any atom is -0.309 e. The first kappa shape index (κ1) is 15.0. The summed E-state index contributed by atoms with van der Waals surface area (Å²) in [6.45, 7) is 10.2. The zero-order chi connectivity index (χ0) is 15.0. The molecule has 2 atom stereocenters. The maximum absolute atomic E-state index is 4.61. The van der Waals surface area contributed by atoms with Gasteiger partial charge in [0.25, 0.3) is 0 Å². The molecular weight excluding hydrogens is 260 g/mol. The number of hydrogen-bond acceptors (Lipinski definition) is 3. The van der Waals surface area contributed by atoms with Crippen molar-refractivity contribution >= 4 is 0 Å². The number of aryl methyl sites for hydroxylation is 2. The van der Waals surface area contributed by atoms with Crippen molar-refractivity contribution in [3.63, 3.8) is 0 Å². The molecule has 0 bridgehead atoms. The molecule has 1 aromatic rings. The molecule has 1 aliphatic heterocycles. The van der Waals surface area contributed by atoms with E-state index in [-0.39, 0.29) is 5.54 Å². The van der Waals surface area contributed by atoms with Crippen LogP contribution in [0.3, 0.4) is 0 Å². The zero-order valence-electron chi connectivity index (χ0n) is 14.0. The van der Waals surface area contributed by atoms with E-state index in [4.69, 9.17) is 0 Å². The summed E-state index contributed by atoms with van der Waals surface area (Å²) in [5.74, 6) is 0.915. The molecule has 1 N–H and O–H groups in total. The second-order valence-electron chi connectivity index (χ2n) is 7.21. The van der Waals surface area contributed by atoms with Crippen LogP contribution in [-0.2, 0) is 20.0 Å². The van der Waals surface area contributed by atoms with E-state index in [1.165, 1.54) is 30.7 Å². The minimum atomic E-state index is 0.261. The van der Waals surface area contributed by atoms with Crippen LogP contribution in [0.15, 0.2) is 6.07 Å². The van der Waals surface area contributed by atoms with Crippen LogP contribution in [-0.4, -0.2) is 39.4 Å². The second-order valence-corrected chi connectivity index (χ2v) is 7.21. The summed E-state index contributed by atoms with van der Waals surface area (Å²) in [5, 5.41) is 8.41.